The lowest BCUT2D eigenvalue weighted by Gasteiger charge is -2.32. The zero-order chi connectivity index (χ0) is 25.8. The van der Waals surface area contributed by atoms with Crippen molar-refractivity contribution in [1.29, 1.82) is 0 Å². The molecule has 1 atom stereocenters. The molecule has 10 nitrogen and oxygen atoms in total. The Bertz CT molecular complexity index is 1360. The summed E-state index contributed by atoms with van der Waals surface area (Å²) in [5, 5.41) is 17.5. The van der Waals surface area contributed by atoms with Crippen molar-refractivity contribution in [2.24, 2.45) is 0 Å². The van der Waals surface area contributed by atoms with Gasteiger partial charge in [-0.25, -0.2) is 0 Å². The van der Waals surface area contributed by atoms with Gasteiger partial charge in [-0.05, 0) is 60.7 Å². The molecule has 1 aromatic carbocycles. The predicted octanol–water partition coefficient (Wildman–Crippen LogP) is 4.14. The van der Waals surface area contributed by atoms with Crippen molar-refractivity contribution >= 4 is 28.8 Å². The lowest BCUT2D eigenvalue weighted by Crippen LogP contribution is -2.47. The molecular formula is C26H28N6O4S. The Morgan fingerprint density at radius 3 is 2.70 bits per heavy atom. The van der Waals surface area contributed by atoms with E-state index in [2.05, 4.69) is 20.7 Å². The van der Waals surface area contributed by atoms with Crippen LogP contribution >= 0.6 is 11.3 Å². The quantitative estimate of drug-likeness (QED) is 0.353. The number of hydrogen-bond acceptors (Lipinski definition) is 8. The van der Waals surface area contributed by atoms with Crippen molar-refractivity contribution in [2.75, 3.05) is 12.0 Å². The lowest BCUT2D eigenvalue weighted by atomic mass is 10.1. The number of nitrogens with zero attached hydrogens (tertiary/aromatic N) is 5. The average Bonchev–Trinajstić information content (AvgIpc) is 3.71. The predicted molar refractivity (Wildman–Crippen MR) is 138 cm³/mol. The van der Waals surface area contributed by atoms with E-state index in [1.165, 1.54) is 28.1 Å². The molecule has 4 aromatic rings. The van der Waals surface area contributed by atoms with E-state index in [-0.39, 0.29) is 30.2 Å². The first-order chi connectivity index (χ1) is 18.0. The van der Waals surface area contributed by atoms with E-state index in [1.807, 2.05) is 36.6 Å². The average molecular weight is 521 g/mol. The third kappa shape index (κ3) is 5.41. The summed E-state index contributed by atoms with van der Waals surface area (Å²) in [6.07, 6.45) is 4.03. The van der Waals surface area contributed by atoms with E-state index >= 15 is 0 Å². The van der Waals surface area contributed by atoms with Gasteiger partial charge in [-0.15, -0.1) is 21.5 Å². The van der Waals surface area contributed by atoms with Crippen molar-refractivity contribution in [3.8, 4) is 17.3 Å². The number of hydrogen-bond donors (Lipinski definition) is 1. The summed E-state index contributed by atoms with van der Waals surface area (Å²) >= 11 is 1.42. The van der Waals surface area contributed by atoms with Crippen LogP contribution in [0, 0.1) is 6.92 Å². The van der Waals surface area contributed by atoms with E-state index in [4.69, 9.17) is 9.15 Å². The van der Waals surface area contributed by atoms with Gasteiger partial charge in [-0.1, -0.05) is 31.0 Å². The molecular weight excluding hydrogens is 492 g/mol. The van der Waals surface area contributed by atoms with E-state index in [1.54, 1.807) is 24.3 Å². The number of tetrazole rings is 1. The molecule has 3 heterocycles. The highest BCUT2D eigenvalue weighted by Crippen LogP contribution is 2.37. The Morgan fingerprint density at radius 1 is 1.19 bits per heavy atom. The number of carbonyl (C=O) groups is 2. The van der Waals surface area contributed by atoms with Crippen LogP contribution in [-0.2, 0) is 16.1 Å². The van der Waals surface area contributed by atoms with Crippen molar-refractivity contribution in [2.45, 2.75) is 51.2 Å². The van der Waals surface area contributed by atoms with Crippen LogP contribution in [-0.4, -0.2) is 45.2 Å². The van der Waals surface area contributed by atoms with Gasteiger partial charge in [-0.3, -0.25) is 14.5 Å². The maximum absolute atomic E-state index is 14.0. The number of thiophene rings is 1. The third-order valence-electron chi connectivity index (χ3n) is 6.32. The molecule has 5 rings (SSSR count). The van der Waals surface area contributed by atoms with E-state index in [0.717, 1.165) is 36.3 Å². The number of anilines is 1. The fraction of sp³-hybridized carbons (Fsp3) is 0.346. The minimum absolute atomic E-state index is 0.0980. The Kier molecular flexibility index (Phi) is 7.31. The number of furan rings is 1. The monoisotopic (exact) mass is 520 g/mol. The minimum Gasteiger partial charge on any atom is -0.495 e. The number of aromatic nitrogens is 4. The summed E-state index contributed by atoms with van der Waals surface area (Å²) in [5.74, 6) is 1.32. The summed E-state index contributed by atoms with van der Waals surface area (Å²) in [5.41, 5.74) is 0.483. The second kappa shape index (κ2) is 11.0. The van der Waals surface area contributed by atoms with Gasteiger partial charge in [0.1, 0.15) is 24.1 Å². The highest BCUT2D eigenvalue weighted by molar-refractivity contribution is 7.10. The van der Waals surface area contributed by atoms with Crippen LogP contribution < -0.4 is 15.0 Å². The highest BCUT2D eigenvalue weighted by Gasteiger charge is 2.36. The molecule has 1 aliphatic rings. The zero-order valence-electron chi connectivity index (χ0n) is 20.7. The van der Waals surface area contributed by atoms with E-state index in [9.17, 15) is 9.59 Å². The van der Waals surface area contributed by atoms with Gasteiger partial charge in [0.25, 0.3) is 5.91 Å². The van der Waals surface area contributed by atoms with Crippen molar-refractivity contribution in [3.05, 3.63) is 64.5 Å². The summed E-state index contributed by atoms with van der Waals surface area (Å²) in [6.45, 7) is 1.59. The number of carbonyl (C=O) groups excluding carboxylic acids is 2. The summed E-state index contributed by atoms with van der Waals surface area (Å²) in [6, 6.07) is 13.7. The van der Waals surface area contributed by atoms with Crippen LogP contribution in [0.2, 0.25) is 0 Å². The van der Waals surface area contributed by atoms with Gasteiger partial charge in [0.2, 0.25) is 11.7 Å². The van der Waals surface area contributed by atoms with Gasteiger partial charge >= 0.3 is 0 Å². The number of benzene rings is 1. The Morgan fingerprint density at radius 2 is 2.00 bits per heavy atom. The lowest BCUT2D eigenvalue weighted by molar-refractivity contribution is -0.127. The molecule has 1 unspecified atom stereocenters. The maximum atomic E-state index is 14.0. The number of methoxy groups -OCH3 is 1. The number of ether oxygens (including phenoxy) is 1. The van der Waals surface area contributed by atoms with Crippen molar-refractivity contribution < 1.29 is 18.7 Å². The van der Waals surface area contributed by atoms with Crippen molar-refractivity contribution in [3.63, 3.8) is 0 Å². The molecule has 37 heavy (non-hydrogen) atoms. The van der Waals surface area contributed by atoms with E-state index in [0.29, 0.717) is 17.2 Å². The van der Waals surface area contributed by atoms with E-state index < -0.39 is 6.04 Å². The topological polar surface area (TPSA) is 115 Å². The number of rotatable bonds is 9. The van der Waals surface area contributed by atoms with Gasteiger partial charge in [0.15, 0.2) is 5.76 Å². The number of amides is 2. The fourth-order valence-electron chi connectivity index (χ4n) is 4.58. The van der Waals surface area contributed by atoms with Gasteiger partial charge in [0, 0.05) is 10.9 Å². The van der Waals surface area contributed by atoms with Crippen molar-refractivity contribution in [1.82, 2.24) is 25.5 Å². The van der Waals surface area contributed by atoms with Gasteiger partial charge < -0.3 is 14.5 Å². The molecule has 0 spiro atoms. The SMILES string of the molecule is COc1ccccc1N(C(=O)Cn1nnc(-c2ccc(C)o2)n1)C(C(=O)NC1CCCC1)c1cccs1. The first-order valence-corrected chi connectivity index (χ1v) is 13.0. The largest absolute Gasteiger partial charge is 0.495 e. The molecule has 0 bridgehead atoms. The first kappa shape index (κ1) is 24.7. The highest BCUT2D eigenvalue weighted by atomic mass is 32.1. The molecule has 192 valence electrons. The van der Waals surface area contributed by atoms with Crippen LogP contribution in [0.25, 0.3) is 11.6 Å². The van der Waals surface area contributed by atoms with Gasteiger partial charge in [-0.2, -0.15) is 4.80 Å². The normalized spacial score (nSPS) is 14.4. The molecule has 3 aromatic heterocycles. The van der Waals surface area contributed by atoms with Crippen LogP contribution in [0.5, 0.6) is 5.75 Å². The first-order valence-electron chi connectivity index (χ1n) is 12.2. The summed E-state index contributed by atoms with van der Waals surface area (Å²) < 4.78 is 11.2. The molecule has 1 aliphatic carbocycles. The molecule has 1 fully saturated rings. The number of aryl methyl sites for hydroxylation is 1. The molecule has 2 amide bonds. The number of para-hydroxylation sites is 2. The smallest absolute Gasteiger partial charge is 0.251 e. The van der Waals surface area contributed by atoms with Gasteiger partial charge in [0.05, 0.1) is 12.8 Å². The molecule has 0 aliphatic heterocycles. The standard InChI is InChI=1S/C26H28N6O4S/c1-17-13-14-21(36-17)25-28-30-31(29-25)16-23(33)32(19-10-5-6-11-20(19)35-2)24(22-12-7-15-37-22)26(34)27-18-8-3-4-9-18/h5-7,10-15,18,24H,3-4,8-9,16H2,1-2H3,(H,27,34). The zero-order valence-corrected chi connectivity index (χ0v) is 21.5. The number of nitrogens with one attached hydrogen (secondary N) is 1. The fourth-order valence-corrected chi connectivity index (χ4v) is 5.39. The molecule has 11 heteroatoms. The molecule has 1 saturated carbocycles. The van der Waals surface area contributed by atoms with Crippen LogP contribution in [0.1, 0.15) is 42.4 Å². The van der Waals surface area contributed by atoms with Crippen LogP contribution in [0.15, 0.2) is 58.3 Å². The van der Waals surface area contributed by atoms with Crippen LogP contribution in [0.4, 0.5) is 5.69 Å². The molecule has 0 saturated heterocycles. The Balaban J connectivity index is 1.50. The summed E-state index contributed by atoms with van der Waals surface area (Å²) in [7, 11) is 1.54. The Hall–Kier alpha value is -3.99. The molecule has 1 N–H and O–H groups in total. The minimum atomic E-state index is -0.889. The molecule has 0 radical (unpaired) electrons. The Labute approximate surface area is 218 Å². The second-order valence-electron chi connectivity index (χ2n) is 8.90. The summed E-state index contributed by atoms with van der Waals surface area (Å²) in [4.78, 5) is 31.1. The van der Waals surface area contributed by atoms with Crippen LogP contribution in [0.3, 0.4) is 0 Å². The second-order valence-corrected chi connectivity index (χ2v) is 9.88. The third-order valence-corrected chi connectivity index (χ3v) is 7.25. The maximum Gasteiger partial charge on any atom is 0.251 e.